The van der Waals surface area contributed by atoms with Crippen LogP contribution in [-0.2, 0) is 0 Å². The van der Waals surface area contributed by atoms with Crippen molar-refractivity contribution in [1.82, 2.24) is 4.90 Å². The average molecular weight is 153 g/mol. The number of rotatable bonds is 1. The van der Waals surface area contributed by atoms with Crippen LogP contribution in [-0.4, -0.2) is 18.0 Å². The summed E-state index contributed by atoms with van der Waals surface area (Å²) in [4.78, 5) is 2.41. The van der Waals surface area contributed by atoms with Gasteiger partial charge in [-0.25, -0.2) is 0 Å². The summed E-state index contributed by atoms with van der Waals surface area (Å²) in [6.45, 7) is 10.9. The SMILES string of the molecule is C=C(C)N1CCCC(C)CC1. The fraction of sp³-hybridized carbons (Fsp3) is 0.800. The molecule has 1 atom stereocenters. The highest BCUT2D eigenvalue weighted by molar-refractivity contribution is 4.89. The minimum Gasteiger partial charge on any atom is -0.376 e. The summed E-state index contributed by atoms with van der Waals surface area (Å²) in [7, 11) is 0. The van der Waals surface area contributed by atoms with Crippen LogP contribution < -0.4 is 0 Å². The molecule has 1 heterocycles. The second-order valence-corrected chi connectivity index (χ2v) is 3.76. The van der Waals surface area contributed by atoms with Crippen LogP contribution in [0.15, 0.2) is 12.3 Å². The number of hydrogen-bond donors (Lipinski definition) is 0. The highest BCUT2D eigenvalue weighted by atomic mass is 15.1. The van der Waals surface area contributed by atoms with Gasteiger partial charge in [0.25, 0.3) is 0 Å². The van der Waals surface area contributed by atoms with Gasteiger partial charge in [-0.3, -0.25) is 0 Å². The van der Waals surface area contributed by atoms with Crippen molar-refractivity contribution in [3.8, 4) is 0 Å². The third-order valence-corrected chi connectivity index (χ3v) is 2.56. The molecule has 1 nitrogen and oxygen atoms in total. The van der Waals surface area contributed by atoms with E-state index in [2.05, 4.69) is 25.3 Å². The fourth-order valence-electron chi connectivity index (χ4n) is 1.64. The van der Waals surface area contributed by atoms with Crippen LogP contribution in [0.2, 0.25) is 0 Å². The lowest BCUT2D eigenvalue weighted by Crippen LogP contribution is -2.21. The first kappa shape index (κ1) is 8.63. The maximum absolute atomic E-state index is 3.97. The van der Waals surface area contributed by atoms with Gasteiger partial charge in [-0.05, 0) is 32.1 Å². The first-order valence-corrected chi connectivity index (χ1v) is 4.60. The lowest BCUT2D eigenvalue weighted by Gasteiger charge is -2.22. The van der Waals surface area contributed by atoms with Crippen LogP contribution in [0.3, 0.4) is 0 Å². The number of allylic oxidation sites excluding steroid dienone is 1. The Hall–Kier alpha value is -0.460. The number of nitrogens with zero attached hydrogens (tertiary/aromatic N) is 1. The van der Waals surface area contributed by atoms with Crippen LogP contribution >= 0.6 is 0 Å². The number of likely N-dealkylation sites (tertiary alicyclic amines) is 1. The predicted molar refractivity (Wildman–Crippen MR) is 49.4 cm³/mol. The molecular formula is C10H19N. The molecule has 1 aliphatic rings. The van der Waals surface area contributed by atoms with E-state index in [1.54, 1.807) is 0 Å². The third-order valence-electron chi connectivity index (χ3n) is 2.56. The Bertz CT molecular complexity index is 140. The second-order valence-electron chi connectivity index (χ2n) is 3.76. The molecule has 0 aromatic heterocycles. The Labute approximate surface area is 70.1 Å². The highest BCUT2D eigenvalue weighted by Gasteiger charge is 2.12. The van der Waals surface area contributed by atoms with Gasteiger partial charge in [-0.15, -0.1) is 0 Å². The van der Waals surface area contributed by atoms with Crippen LogP contribution in [0.5, 0.6) is 0 Å². The van der Waals surface area contributed by atoms with E-state index in [1.165, 1.54) is 38.0 Å². The second kappa shape index (κ2) is 3.80. The molecular weight excluding hydrogens is 134 g/mol. The Kier molecular flexibility index (Phi) is 2.98. The van der Waals surface area contributed by atoms with Crippen LogP contribution in [0, 0.1) is 5.92 Å². The van der Waals surface area contributed by atoms with Crippen LogP contribution in [0.1, 0.15) is 33.1 Å². The zero-order chi connectivity index (χ0) is 8.27. The van der Waals surface area contributed by atoms with Crippen molar-refractivity contribution in [3.63, 3.8) is 0 Å². The van der Waals surface area contributed by atoms with Gasteiger partial charge in [0, 0.05) is 18.8 Å². The lowest BCUT2D eigenvalue weighted by atomic mass is 10.0. The molecule has 11 heavy (non-hydrogen) atoms. The molecule has 0 aromatic carbocycles. The largest absolute Gasteiger partial charge is 0.376 e. The van der Waals surface area contributed by atoms with Crippen molar-refractivity contribution in [2.24, 2.45) is 5.92 Å². The van der Waals surface area contributed by atoms with Crippen molar-refractivity contribution in [2.75, 3.05) is 13.1 Å². The van der Waals surface area contributed by atoms with Gasteiger partial charge in [0.2, 0.25) is 0 Å². The van der Waals surface area contributed by atoms with E-state index in [-0.39, 0.29) is 0 Å². The van der Waals surface area contributed by atoms with Crippen LogP contribution in [0.4, 0.5) is 0 Å². The first-order valence-electron chi connectivity index (χ1n) is 4.60. The average Bonchev–Trinajstić information content (AvgIpc) is 2.13. The summed E-state index contributed by atoms with van der Waals surface area (Å²) >= 11 is 0. The van der Waals surface area contributed by atoms with Gasteiger partial charge in [0.1, 0.15) is 0 Å². The maximum atomic E-state index is 3.97. The van der Waals surface area contributed by atoms with Crippen molar-refractivity contribution in [1.29, 1.82) is 0 Å². The maximum Gasteiger partial charge on any atom is 0.0177 e. The normalized spacial score (nSPS) is 26.4. The summed E-state index contributed by atoms with van der Waals surface area (Å²) in [5, 5.41) is 0. The van der Waals surface area contributed by atoms with E-state index in [4.69, 9.17) is 0 Å². The van der Waals surface area contributed by atoms with Crippen molar-refractivity contribution in [3.05, 3.63) is 12.3 Å². The minimum absolute atomic E-state index is 0.916. The minimum atomic E-state index is 0.916. The molecule has 0 saturated carbocycles. The van der Waals surface area contributed by atoms with Gasteiger partial charge in [0.05, 0.1) is 0 Å². The lowest BCUT2D eigenvalue weighted by molar-refractivity contribution is 0.355. The van der Waals surface area contributed by atoms with Crippen molar-refractivity contribution in [2.45, 2.75) is 33.1 Å². The summed E-state index contributed by atoms with van der Waals surface area (Å²) in [6.07, 6.45) is 4.07. The summed E-state index contributed by atoms with van der Waals surface area (Å²) in [5.41, 5.74) is 1.24. The van der Waals surface area contributed by atoms with Gasteiger partial charge >= 0.3 is 0 Å². The quantitative estimate of drug-likeness (QED) is 0.560. The molecule has 0 bridgehead atoms. The van der Waals surface area contributed by atoms with E-state index in [0.29, 0.717) is 0 Å². The zero-order valence-electron chi connectivity index (χ0n) is 7.77. The van der Waals surface area contributed by atoms with Gasteiger partial charge in [-0.2, -0.15) is 0 Å². The van der Waals surface area contributed by atoms with Crippen LogP contribution in [0.25, 0.3) is 0 Å². The molecule has 0 aliphatic carbocycles. The smallest absolute Gasteiger partial charge is 0.0177 e. The van der Waals surface area contributed by atoms with Crippen molar-refractivity contribution < 1.29 is 0 Å². The molecule has 0 spiro atoms. The molecule has 1 heteroatoms. The molecule has 1 fully saturated rings. The number of hydrogen-bond acceptors (Lipinski definition) is 1. The third kappa shape index (κ3) is 2.57. The van der Waals surface area contributed by atoms with E-state index >= 15 is 0 Å². The van der Waals surface area contributed by atoms with Gasteiger partial charge < -0.3 is 4.90 Å². The Morgan fingerprint density at radius 3 is 2.73 bits per heavy atom. The molecule has 1 unspecified atom stereocenters. The molecule has 1 rings (SSSR count). The molecule has 0 radical (unpaired) electrons. The van der Waals surface area contributed by atoms with Gasteiger partial charge in [0.15, 0.2) is 0 Å². The topological polar surface area (TPSA) is 3.24 Å². The van der Waals surface area contributed by atoms with Gasteiger partial charge in [-0.1, -0.05) is 13.5 Å². The molecule has 0 amide bonds. The zero-order valence-corrected chi connectivity index (χ0v) is 7.77. The Morgan fingerprint density at radius 2 is 2.09 bits per heavy atom. The van der Waals surface area contributed by atoms with E-state index in [9.17, 15) is 0 Å². The Morgan fingerprint density at radius 1 is 1.36 bits per heavy atom. The highest BCUT2D eigenvalue weighted by Crippen LogP contribution is 2.18. The first-order chi connectivity index (χ1) is 5.20. The summed E-state index contributed by atoms with van der Waals surface area (Å²) < 4.78 is 0. The van der Waals surface area contributed by atoms with E-state index < -0.39 is 0 Å². The standard InChI is InChI=1S/C10H19N/c1-9(2)11-7-4-5-10(3)6-8-11/h10H,1,4-8H2,2-3H3. The molecule has 1 aliphatic heterocycles. The predicted octanol–water partition coefficient (Wildman–Crippen LogP) is 2.64. The molecule has 0 aromatic rings. The van der Waals surface area contributed by atoms with Crippen molar-refractivity contribution >= 4 is 0 Å². The molecule has 64 valence electrons. The Balaban J connectivity index is 2.40. The monoisotopic (exact) mass is 153 g/mol. The summed E-state index contributed by atoms with van der Waals surface area (Å²) in [6, 6.07) is 0. The molecule has 1 saturated heterocycles. The summed E-state index contributed by atoms with van der Waals surface area (Å²) in [5.74, 6) is 0.916. The fourth-order valence-corrected chi connectivity index (χ4v) is 1.64. The molecule has 0 N–H and O–H groups in total. The van der Waals surface area contributed by atoms with E-state index in [1.807, 2.05) is 0 Å². The van der Waals surface area contributed by atoms with E-state index in [0.717, 1.165) is 5.92 Å².